The van der Waals surface area contributed by atoms with Crippen LogP contribution in [0.25, 0.3) is 0 Å². The molecule has 1 aliphatic carbocycles. The minimum Gasteiger partial charge on any atom is -0.493 e. The number of likely N-dealkylation sites (N-methyl/N-ethyl adjacent to an activating group) is 1. The lowest BCUT2D eigenvalue weighted by atomic mass is 9.77. The van der Waals surface area contributed by atoms with E-state index in [1.807, 2.05) is 0 Å². The van der Waals surface area contributed by atoms with Crippen LogP contribution in [0.1, 0.15) is 43.7 Å². The maximum Gasteiger partial charge on any atom is 0.125 e. The molecule has 1 saturated carbocycles. The van der Waals surface area contributed by atoms with Gasteiger partial charge in [-0.3, -0.25) is 0 Å². The monoisotopic (exact) mass is 307 g/mol. The smallest absolute Gasteiger partial charge is 0.125 e. The van der Waals surface area contributed by atoms with Crippen molar-refractivity contribution in [2.24, 2.45) is 11.8 Å². The van der Waals surface area contributed by atoms with Crippen LogP contribution in [0, 0.1) is 11.8 Å². The zero-order valence-corrected chi connectivity index (χ0v) is 13.9. The summed E-state index contributed by atoms with van der Waals surface area (Å²) in [6.07, 6.45) is 7.47. The van der Waals surface area contributed by atoms with Gasteiger partial charge in [0.15, 0.2) is 0 Å². The largest absolute Gasteiger partial charge is 0.493 e. The number of nitrogens with one attached hydrogen (secondary N) is 1. The van der Waals surface area contributed by atoms with Crippen molar-refractivity contribution in [1.82, 2.24) is 5.32 Å². The van der Waals surface area contributed by atoms with Gasteiger partial charge in [-0.05, 0) is 61.4 Å². The fraction of sp³-hybridized carbons (Fsp3) is 0.667. The van der Waals surface area contributed by atoms with Crippen LogP contribution in [0.2, 0.25) is 5.02 Å². The maximum absolute atomic E-state index is 6.29. The second kappa shape index (κ2) is 6.58. The van der Waals surface area contributed by atoms with Gasteiger partial charge >= 0.3 is 0 Å². The zero-order valence-electron chi connectivity index (χ0n) is 13.1. The highest BCUT2D eigenvalue weighted by atomic mass is 35.5. The quantitative estimate of drug-likeness (QED) is 0.898. The highest BCUT2D eigenvalue weighted by Gasteiger charge is 2.28. The minimum absolute atomic E-state index is 0.527. The van der Waals surface area contributed by atoms with E-state index in [1.54, 1.807) is 0 Å². The van der Waals surface area contributed by atoms with Crippen molar-refractivity contribution in [1.29, 1.82) is 0 Å². The molecule has 3 heteroatoms. The van der Waals surface area contributed by atoms with Crippen LogP contribution in [0.5, 0.6) is 5.75 Å². The van der Waals surface area contributed by atoms with Gasteiger partial charge in [-0.25, -0.2) is 0 Å². The molecule has 116 valence electrons. The molecule has 0 amide bonds. The van der Waals surface area contributed by atoms with Gasteiger partial charge < -0.3 is 10.1 Å². The summed E-state index contributed by atoms with van der Waals surface area (Å²) in [6.45, 7) is 3.19. The van der Waals surface area contributed by atoms with Gasteiger partial charge in [0.1, 0.15) is 5.75 Å². The van der Waals surface area contributed by atoms with Gasteiger partial charge in [0.05, 0.1) is 6.61 Å². The highest BCUT2D eigenvalue weighted by molar-refractivity contribution is 6.30. The van der Waals surface area contributed by atoms with E-state index in [-0.39, 0.29) is 0 Å². The van der Waals surface area contributed by atoms with Crippen molar-refractivity contribution < 1.29 is 4.74 Å². The molecule has 0 radical (unpaired) electrons. The average molecular weight is 308 g/mol. The molecular weight excluding hydrogens is 282 g/mol. The van der Waals surface area contributed by atoms with Gasteiger partial charge in [-0.1, -0.05) is 31.4 Å². The summed E-state index contributed by atoms with van der Waals surface area (Å²) in [7, 11) is 2.09. The van der Waals surface area contributed by atoms with E-state index in [4.69, 9.17) is 16.3 Å². The Hall–Kier alpha value is -0.730. The van der Waals surface area contributed by atoms with Crippen LogP contribution in [-0.4, -0.2) is 19.7 Å². The number of fused-ring (bicyclic) bond motifs is 1. The standard InChI is InChI=1S/C18H26ClNO/c1-12-4-3-5-13(8-12)17(20-2)11-15-10-16(19)9-14-6-7-21-18(14)15/h9-10,12-13,17,20H,3-8,11H2,1-2H3. The van der Waals surface area contributed by atoms with Crippen molar-refractivity contribution in [2.45, 2.75) is 51.5 Å². The van der Waals surface area contributed by atoms with E-state index in [2.05, 4.69) is 31.4 Å². The Kier molecular flexibility index (Phi) is 4.75. The summed E-state index contributed by atoms with van der Waals surface area (Å²) in [4.78, 5) is 0. The van der Waals surface area contributed by atoms with Gasteiger partial charge in [-0.15, -0.1) is 0 Å². The molecule has 1 N–H and O–H groups in total. The number of rotatable bonds is 4. The molecule has 0 spiro atoms. The number of halogens is 1. The zero-order chi connectivity index (χ0) is 14.8. The molecule has 3 rings (SSSR count). The van der Waals surface area contributed by atoms with Crippen LogP contribution in [-0.2, 0) is 12.8 Å². The molecule has 1 aliphatic heterocycles. The normalized spacial score (nSPS) is 26.2. The number of hydrogen-bond acceptors (Lipinski definition) is 2. The Morgan fingerprint density at radius 3 is 3.00 bits per heavy atom. The molecule has 1 aromatic carbocycles. The number of ether oxygens (including phenoxy) is 1. The summed E-state index contributed by atoms with van der Waals surface area (Å²) in [6, 6.07) is 4.69. The lowest BCUT2D eigenvalue weighted by Gasteiger charge is -2.33. The Morgan fingerprint density at radius 1 is 1.38 bits per heavy atom. The Morgan fingerprint density at radius 2 is 2.24 bits per heavy atom. The van der Waals surface area contributed by atoms with E-state index < -0.39 is 0 Å². The molecule has 2 aliphatic rings. The van der Waals surface area contributed by atoms with Gasteiger partial charge in [0.2, 0.25) is 0 Å². The van der Waals surface area contributed by atoms with E-state index in [0.29, 0.717) is 6.04 Å². The molecule has 1 heterocycles. The summed E-state index contributed by atoms with van der Waals surface area (Å²) in [5, 5.41) is 4.40. The molecule has 0 aromatic heterocycles. The Bertz CT molecular complexity index is 502. The summed E-state index contributed by atoms with van der Waals surface area (Å²) >= 11 is 6.29. The lowest BCUT2D eigenvalue weighted by molar-refractivity contribution is 0.226. The van der Waals surface area contributed by atoms with Crippen LogP contribution < -0.4 is 10.1 Å². The third-order valence-corrected chi connectivity index (χ3v) is 5.40. The Labute approximate surface area is 133 Å². The molecule has 3 atom stereocenters. The molecule has 1 fully saturated rings. The van der Waals surface area contributed by atoms with Crippen molar-refractivity contribution in [3.8, 4) is 5.75 Å². The third kappa shape index (κ3) is 3.37. The van der Waals surface area contributed by atoms with Crippen molar-refractivity contribution in [3.05, 3.63) is 28.3 Å². The van der Waals surface area contributed by atoms with E-state index in [0.717, 1.165) is 42.1 Å². The highest BCUT2D eigenvalue weighted by Crippen LogP contribution is 2.36. The molecule has 21 heavy (non-hydrogen) atoms. The van der Waals surface area contributed by atoms with Crippen LogP contribution in [0.15, 0.2) is 12.1 Å². The molecule has 2 nitrogen and oxygen atoms in total. The number of benzene rings is 1. The minimum atomic E-state index is 0.527. The van der Waals surface area contributed by atoms with E-state index in [1.165, 1.54) is 36.8 Å². The topological polar surface area (TPSA) is 21.3 Å². The first-order valence-corrected chi connectivity index (χ1v) is 8.66. The van der Waals surface area contributed by atoms with Crippen molar-refractivity contribution >= 4 is 11.6 Å². The Balaban J connectivity index is 1.78. The van der Waals surface area contributed by atoms with Crippen molar-refractivity contribution in [3.63, 3.8) is 0 Å². The summed E-state index contributed by atoms with van der Waals surface area (Å²) in [5.74, 6) is 2.74. The molecule has 1 aromatic rings. The fourth-order valence-electron chi connectivity index (χ4n) is 4.09. The maximum atomic E-state index is 6.29. The van der Waals surface area contributed by atoms with Crippen LogP contribution in [0.3, 0.4) is 0 Å². The first-order chi connectivity index (χ1) is 10.2. The molecule has 0 saturated heterocycles. The average Bonchev–Trinajstić information content (AvgIpc) is 2.92. The van der Waals surface area contributed by atoms with Crippen LogP contribution in [0.4, 0.5) is 0 Å². The van der Waals surface area contributed by atoms with Gasteiger partial charge in [0.25, 0.3) is 0 Å². The summed E-state index contributed by atoms with van der Waals surface area (Å²) in [5.41, 5.74) is 2.57. The first-order valence-electron chi connectivity index (χ1n) is 8.28. The predicted molar refractivity (Wildman–Crippen MR) is 88.3 cm³/mol. The second-order valence-electron chi connectivity index (χ2n) is 6.78. The van der Waals surface area contributed by atoms with E-state index in [9.17, 15) is 0 Å². The predicted octanol–water partition coefficient (Wildman–Crippen LogP) is 4.23. The van der Waals surface area contributed by atoms with Gasteiger partial charge in [0, 0.05) is 17.5 Å². The third-order valence-electron chi connectivity index (χ3n) is 5.18. The van der Waals surface area contributed by atoms with Gasteiger partial charge in [-0.2, -0.15) is 0 Å². The van der Waals surface area contributed by atoms with Crippen LogP contribution >= 0.6 is 11.6 Å². The first kappa shape index (κ1) is 15.2. The summed E-state index contributed by atoms with van der Waals surface area (Å²) < 4.78 is 5.85. The van der Waals surface area contributed by atoms with Crippen molar-refractivity contribution in [2.75, 3.05) is 13.7 Å². The molecule has 3 unspecified atom stereocenters. The lowest BCUT2D eigenvalue weighted by Crippen LogP contribution is -2.38. The fourth-order valence-corrected chi connectivity index (χ4v) is 4.35. The second-order valence-corrected chi connectivity index (χ2v) is 7.22. The molecular formula is C18H26ClNO. The molecule has 0 bridgehead atoms. The SMILES string of the molecule is CNC(Cc1cc(Cl)cc2c1OCC2)C1CCCC(C)C1. The number of hydrogen-bond donors (Lipinski definition) is 1. The van der Waals surface area contributed by atoms with E-state index >= 15 is 0 Å².